The second-order valence-corrected chi connectivity index (χ2v) is 5.11. The molecule has 1 aromatic heterocycles. The maximum Gasteiger partial charge on any atom is 0.315 e. The summed E-state index contributed by atoms with van der Waals surface area (Å²) in [7, 11) is 1.74. The first-order valence-corrected chi connectivity index (χ1v) is 6.77. The average Bonchev–Trinajstić information content (AvgIpc) is 2.92. The highest BCUT2D eigenvalue weighted by molar-refractivity contribution is 5.83. The van der Waals surface area contributed by atoms with Crippen LogP contribution in [0.15, 0.2) is 22.8 Å². The van der Waals surface area contributed by atoms with Crippen LogP contribution in [0, 0.1) is 5.92 Å². The number of urea groups is 1. The maximum absolute atomic E-state index is 11.8. The molecule has 0 unspecified atom stereocenters. The number of nitrogens with zero attached hydrogens (tertiary/aromatic N) is 1. The standard InChI is InChI=1S/C14H23N3O3/c1-11(2)6-7-17(3)13(18)10-16-14(19)15-9-12-5-4-8-20-12/h4-5,8,11H,6-7,9-10H2,1-3H3,(H2,15,16,19). The molecular formula is C14H23N3O3. The molecular weight excluding hydrogens is 258 g/mol. The van der Waals surface area contributed by atoms with Crippen molar-refractivity contribution < 1.29 is 14.0 Å². The normalized spacial score (nSPS) is 10.4. The first kappa shape index (κ1) is 16.1. The van der Waals surface area contributed by atoms with Crippen molar-refractivity contribution in [3.63, 3.8) is 0 Å². The van der Waals surface area contributed by atoms with Crippen LogP contribution < -0.4 is 10.6 Å². The molecule has 20 heavy (non-hydrogen) atoms. The Balaban J connectivity index is 2.17. The molecule has 2 N–H and O–H groups in total. The van der Waals surface area contributed by atoms with E-state index in [0.717, 1.165) is 6.42 Å². The van der Waals surface area contributed by atoms with Crippen molar-refractivity contribution in [3.05, 3.63) is 24.2 Å². The maximum atomic E-state index is 11.8. The minimum absolute atomic E-state index is 0.00141. The van der Waals surface area contributed by atoms with Gasteiger partial charge in [-0.3, -0.25) is 4.79 Å². The molecule has 0 spiro atoms. The van der Waals surface area contributed by atoms with Crippen LogP contribution in [0.4, 0.5) is 4.79 Å². The summed E-state index contributed by atoms with van der Waals surface area (Å²) in [6.07, 6.45) is 2.50. The lowest BCUT2D eigenvalue weighted by molar-refractivity contribution is -0.128. The van der Waals surface area contributed by atoms with E-state index in [1.54, 1.807) is 30.3 Å². The number of rotatable bonds is 7. The molecule has 1 rings (SSSR count). The lowest BCUT2D eigenvalue weighted by atomic mass is 10.1. The number of furan rings is 1. The van der Waals surface area contributed by atoms with Gasteiger partial charge in [0.1, 0.15) is 5.76 Å². The molecule has 6 heteroatoms. The number of carbonyl (C=O) groups excluding carboxylic acids is 2. The van der Waals surface area contributed by atoms with Crippen molar-refractivity contribution in [2.75, 3.05) is 20.1 Å². The van der Waals surface area contributed by atoms with E-state index in [1.165, 1.54) is 0 Å². The van der Waals surface area contributed by atoms with Crippen molar-refractivity contribution in [1.82, 2.24) is 15.5 Å². The fourth-order valence-corrected chi connectivity index (χ4v) is 1.51. The van der Waals surface area contributed by atoms with Crippen LogP contribution in [0.5, 0.6) is 0 Å². The molecule has 112 valence electrons. The molecule has 0 fully saturated rings. The number of likely N-dealkylation sites (N-methyl/N-ethyl adjacent to an activating group) is 1. The van der Waals surface area contributed by atoms with Gasteiger partial charge in [-0.2, -0.15) is 0 Å². The molecule has 0 aliphatic carbocycles. The number of hydrogen-bond acceptors (Lipinski definition) is 3. The van der Waals surface area contributed by atoms with E-state index in [1.807, 2.05) is 0 Å². The van der Waals surface area contributed by atoms with Crippen molar-refractivity contribution >= 4 is 11.9 Å². The largest absolute Gasteiger partial charge is 0.467 e. The highest BCUT2D eigenvalue weighted by Gasteiger charge is 2.10. The summed E-state index contributed by atoms with van der Waals surface area (Å²) in [5, 5.41) is 5.15. The van der Waals surface area contributed by atoms with Gasteiger partial charge in [-0.1, -0.05) is 13.8 Å². The van der Waals surface area contributed by atoms with Gasteiger partial charge in [0.15, 0.2) is 0 Å². The molecule has 1 heterocycles. The van der Waals surface area contributed by atoms with Gasteiger partial charge in [0, 0.05) is 13.6 Å². The molecule has 6 nitrogen and oxygen atoms in total. The molecule has 0 aromatic carbocycles. The van der Waals surface area contributed by atoms with Gasteiger partial charge < -0.3 is 20.0 Å². The number of nitrogens with one attached hydrogen (secondary N) is 2. The second-order valence-electron chi connectivity index (χ2n) is 5.11. The predicted molar refractivity (Wildman–Crippen MR) is 76.0 cm³/mol. The summed E-state index contributed by atoms with van der Waals surface area (Å²) in [6.45, 7) is 5.22. The molecule has 0 aliphatic rings. The van der Waals surface area contributed by atoms with E-state index in [0.29, 0.717) is 24.8 Å². The summed E-state index contributed by atoms with van der Waals surface area (Å²) >= 11 is 0. The Morgan fingerprint density at radius 2 is 2.10 bits per heavy atom. The van der Waals surface area contributed by atoms with Crippen LogP contribution >= 0.6 is 0 Å². The third-order valence-electron chi connectivity index (χ3n) is 2.87. The van der Waals surface area contributed by atoms with E-state index in [4.69, 9.17) is 4.42 Å². The minimum Gasteiger partial charge on any atom is -0.467 e. The first-order chi connectivity index (χ1) is 9.49. The molecule has 0 aliphatic heterocycles. The van der Waals surface area contributed by atoms with Crippen LogP contribution in [0.3, 0.4) is 0 Å². The van der Waals surface area contributed by atoms with Crippen molar-refractivity contribution in [1.29, 1.82) is 0 Å². The quantitative estimate of drug-likeness (QED) is 0.797. The van der Waals surface area contributed by atoms with Crippen LogP contribution in [0.1, 0.15) is 26.0 Å². The number of carbonyl (C=O) groups is 2. The Morgan fingerprint density at radius 1 is 1.35 bits per heavy atom. The van der Waals surface area contributed by atoms with Gasteiger partial charge in [0.05, 0.1) is 19.4 Å². The molecule has 0 bridgehead atoms. The van der Waals surface area contributed by atoms with E-state index >= 15 is 0 Å². The van der Waals surface area contributed by atoms with Gasteiger partial charge in [-0.05, 0) is 24.5 Å². The van der Waals surface area contributed by atoms with Crippen molar-refractivity contribution in [2.24, 2.45) is 5.92 Å². The second kappa shape index (κ2) is 8.24. The summed E-state index contributed by atoms with van der Waals surface area (Å²) in [4.78, 5) is 24.9. The zero-order valence-corrected chi connectivity index (χ0v) is 12.3. The summed E-state index contributed by atoms with van der Waals surface area (Å²) in [6, 6.07) is 3.14. The van der Waals surface area contributed by atoms with Gasteiger partial charge in [0.25, 0.3) is 0 Å². The summed E-state index contributed by atoms with van der Waals surface area (Å²) in [5.41, 5.74) is 0. The van der Waals surface area contributed by atoms with Crippen LogP contribution in [-0.4, -0.2) is 37.0 Å². The molecule has 0 saturated carbocycles. The number of amides is 3. The fourth-order valence-electron chi connectivity index (χ4n) is 1.51. The Labute approximate surface area is 119 Å². The van der Waals surface area contributed by atoms with E-state index in [2.05, 4.69) is 24.5 Å². The first-order valence-electron chi connectivity index (χ1n) is 6.77. The smallest absolute Gasteiger partial charge is 0.315 e. The molecule has 1 aromatic rings. The van der Waals surface area contributed by atoms with Gasteiger partial charge in [0.2, 0.25) is 5.91 Å². The zero-order valence-electron chi connectivity index (χ0n) is 12.3. The molecule has 0 radical (unpaired) electrons. The van der Waals surface area contributed by atoms with Gasteiger partial charge in [-0.15, -0.1) is 0 Å². The highest BCUT2D eigenvalue weighted by atomic mass is 16.3. The van der Waals surface area contributed by atoms with Crippen LogP contribution in [-0.2, 0) is 11.3 Å². The molecule has 3 amide bonds. The Hall–Kier alpha value is -1.98. The lowest BCUT2D eigenvalue weighted by Crippen LogP contribution is -2.42. The Morgan fingerprint density at radius 3 is 2.70 bits per heavy atom. The topological polar surface area (TPSA) is 74.6 Å². The lowest BCUT2D eigenvalue weighted by Gasteiger charge is -2.18. The van der Waals surface area contributed by atoms with E-state index in [9.17, 15) is 9.59 Å². The average molecular weight is 281 g/mol. The summed E-state index contributed by atoms with van der Waals surface area (Å²) in [5.74, 6) is 1.12. The third-order valence-corrected chi connectivity index (χ3v) is 2.87. The Bertz CT molecular complexity index is 415. The third kappa shape index (κ3) is 6.26. The highest BCUT2D eigenvalue weighted by Crippen LogP contribution is 2.00. The van der Waals surface area contributed by atoms with Gasteiger partial charge in [-0.25, -0.2) is 4.79 Å². The predicted octanol–water partition coefficient (Wildman–Crippen LogP) is 1.58. The minimum atomic E-state index is -0.382. The van der Waals surface area contributed by atoms with Crippen molar-refractivity contribution in [2.45, 2.75) is 26.8 Å². The van der Waals surface area contributed by atoms with Crippen LogP contribution in [0.2, 0.25) is 0 Å². The van der Waals surface area contributed by atoms with E-state index in [-0.39, 0.29) is 18.5 Å². The zero-order chi connectivity index (χ0) is 15.0. The summed E-state index contributed by atoms with van der Waals surface area (Å²) < 4.78 is 5.08. The van der Waals surface area contributed by atoms with E-state index < -0.39 is 0 Å². The van der Waals surface area contributed by atoms with Crippen LogP contribution in [0.25, 0.3) is 0 Å². The van der Waals surface area contributed by atoms with Crippen molar-refractivity contribution in [3.8, 4) is 0 Å². The molecule has 0 atom stereocenters. The monoisotopic (exact) mass is 281 g/mol. The fraction of sp³-hybridized carbons (Fsp3) is 0.571. The number of hydrogen-bond donors (Lipinski definition) is 2. The SMILES string of the molecule is CC(C)CCN(C)C(=O)CNC(=O)NCc1ccco1. The van der Waals surface area contributed by atoms with Gasteiger partial charge >= 0.3 is 6.03 Å². The molecule has 0 saturated heterocycles. The Kier molecular flexibility index (Phi) is 6.63.